The first-order valence-corrected chi connectivity index (χ1v) is 36.5. The Morgan fingerprint density at radius 2 is 0.458 bits per heavy atom. The number of nitriles is 1. The van der Waals surface area contributed by atoms with Crippen LogP contribution in [0.5, 0.6) is 0 Å². The van der Waals surface area contributed by atoms with Crippen LogP contribution in [0.2, 0.25) is 0 Å². The molecule has 0 aliphatic heterocycles. The van der Waals surface area contributed by atoms with E-state index in [9.17, 15) is 5.26 Å². The van der Waals surface area contributed by atoms with Crippen LogP contribution in [0.1, 0.15) is 5.56 Å². The maximum absolute atomic E-state index is 10.8. The fourth-order valence-electron chi connectivity index (χ4n) is 16.9. The molecule has 107 heavy (non-hydrogen) atoms. The summed E-state index contributed by atoms with van der Waals surface area (Å²) in [6.07, 6.45) is 2.05. The largest absolute Gasteiger partial charge is 0.309 e. The van der Waals surface area contributed by atoms with Crippen molar-refractivity contribution in [2.45, 2.75) is 0 Å². The van der Waals surface area contributed by atoms with Crippen LogP contribution in [0.25, 0.3) is 194 Å². The number of rotatable bonds is 13. The molecule has 0 amide bonds. The molecule has 0 spiro atoms. The molecule has 0 saturated heterocycles. The number of pyridine rings is 1. The SMILES string of the molecule is N#Cc1cccc(-c2c(-c3ccc(-n4c5cccc(-c6ccccc6)c5c5c(-c6ccccc6)cccc54)cc3)cnc(-c3ccc(-n4c5cccc(-c6ccccc6)c5c5c(-c6ccccc6)cccc54)cc3)c2-c2ccc(-n3c4cccc(-c5ccccc5)c4c4c(-c5ccccc5)cccc43)cc2)c1. The molecule has 0 unspecified atom stereocenters. The van der Waals surface area contributed by atoms with Crippen molar-refractivity contribution >= 4 is 65.4 Å². The Morgan fingerprint density at radius 1 is 0.206 bits per heavy atom. The lowest BCUT2D eigenvalue weighted by Gasteiger charge is -2.21. The smallest absolute Gasteiger partial charge is 0.0991 e. The van der Waals surface area contributed by atoms with Crippen molar-refractivity contribution in [3.05, 3.63) is 400 Å². The second-order valence-corrected chi connectivity index (χ2v) is 27.5. The quantitative estimate of drug-likeness (QED) is 0.116. The molecule has 0 radical (unpaired) electrons. The van der Waals surface area contributed by atoms with Gasteiger partial charge in [0.2, 0.25) is 0 Å². The number of hydrogen-bond acceptors (Lipinski definition) is 2. The second-order valence-electron chi connectivity index (χ2n) is 27.5. The standard InChI is InChI=1S/C102H65N5/c103-65-67-26-19-39-77(64-67)94-87(74-52-58-78(59-53-74)105-88-46-20-40-81(68-27-7-1-8-28-68)96(88)97-82(41-21-47-89(97)105)69-29-9-2-10-30-69)66-104-102(76-56-62-80(63-57-76)107-92-50-24-44-85(72-35-15-5-16-36-72)100(92)101-86(45-25-51-93(101)107)73-37-17-6-18-38-73)95(94)75-54-60-79(61-55-75)106-90-48-22-42-83(70-31-11-3-12-32-70)98(90)99-84(43-23-49-91(99)106)71-33-13-4-14-34-71/h1-64,66H. The van der Waals surface area contributed by atoms with Gasteiger partial charge in [-0.15, -0.1) is 0 Å². The first kappa shape index (κ1) is 62.3. The maximum Gasteiger partial charge on any atom is 0.0991 e. The maximum atomic E-state index is 10.8. The molecule has 4 aromatic heterocycles. The van der Waals surface area contributed by atoms with E-state index in [1.807, 2.05) is 18.2 Å². The van der Waals surface area contributed by atoms with Gasteiger partial charge in [0.15, 0.2) is 0 Å². The van der Waals surface area contributed by atoms with Crippen LogP contribution in [0.15, 0.2) is 394 Å². The molecule has 0 atom stereocenters. The van der Waals surface area contributed by atoms with E-state index in [-0.39, 0.29) is 0 Å². The zero-order chi connectivity index (χ0) is 70.9. The predicted octanol–water partition coefficient (Wildman–Crippen LogP) is 26.9. The third kappa shape index (κ3) is 10.5. The number of hydrogen-bond donors (Lipinski definition) is 0. The minimum atomic E-state index is 0.567. The molecule has 0 bridgehead atoms. The molecule has 16 aromatic carbocycles. The van der Waals surface area contributed by atoms with Gasteiger partial charge in [0.25, 0.3) is 0 Å². The summed E-state index contributed by atoms with van der Waals surface area (Å²) in [6.45, 7) is 0. The van der Waals surface area contributed by atoms with Crippen LogP contribution < -0.4 is 0 Å². The average Bonchev–Trinajstić information content (AvgIpc) is 1.61. The molecular weight excluding hydrogens is 1300 g/mol. The Balaban J connectivity index is 0.802. The number of benzene rings is 16. The average molecular weight is 1360 g/mol. The van der Waals surface area contributed by atoms with Crippen molar-refractivity contribution in [1.82, 2.24) is 18.7 Å². The van der Waals surface area contributed by atoms with Gasteiger partial charge in [0, 0.05) is 77.8 Å². The van der Waals surface area contributed by atoms with Gasteiger partial charge in [0.05, 0.1) is 50.4 Å². The molecular formula is C102H65N5. The van der Waals surface area contributed by atoms with Gasteiger partial charge in [0.1, 0.15) is 0 Å². The highest BCUT2D eigenvalue weighted by Gasteiger charge is 2.27. The van der Waals surface area contributed by atoms with Gasteiger partial charge in [-0.1, -0.05) is 303 Å². The third-order valence-corrected chi connectivity index (χ3v) is 21.6. The lowest BCUT2D eigenvalue weighted by molar-refractivity contribution is 1.18. The van der Waals surface area contributed by atoms with Crippen LogP contribution in [-0.2, 0) is 0 Å². The zero-order valence-corrected chi connectivity index (χ0v) is 58.3. The summed E-state index contributed by atoms with van der Waals surface area (Å²) >= 11 is 0. The summed E-state index contributed by atoms with van der Waals surface area (Å²) in [5, 5.41) is 18.0. The van der Waals surface area contributed by atoms with Crippen LogP contribution in [0, 0.1) is 11.3 Å². The Bertz CT molecular complexity index is 6560. The van der Waals surface area contributed by atoms with Gasteiger partial charge in [-0.25, -0.2) is 0 Å². The molecule has 20 rings (SSSR count). The summed E-state index contributed by atoms with van der Waals surface area (Å²) in [6, 6.07) is 143. The summed E-state index contributed by atoms with van der Waals surface area (Å²) in [5.74, 6) is 0. The van der Waals surface area contributed by atoms with Crippen molar-refractivity contribution in [2.75, 3.05) is 0 Å². The van der Waals surface area contributed by atoms with E-state index in [1.54, 1.807) is 0 Å². The molecule has 5 nitrogen and oxygen atoms in total. The molecule has 4 heterocycles. The Kier molecular flexibility index (Phi) is 15.2. The topological polar surface area (TPSA) is 51.5 Å². The van der Waals surface area contributed by atoms with Crippen LogP contribution >= 0.6 is 0 Å². The molecule has 0 fully saturated rings. The van der Waals surface area contributed by atoms with Crippen molar-refractivity contribution in [3.8, 4) is 135 Å². The summed E-state index contributed by atoms with van der Waals surface area (Å²) in [7, 11) is 0. The molecule has 0 aliphatic rings. The van der Waals surface area contributed by atoms with E-state index in [4.69, 9.17) is 4.98 Å². The fraction of sp³-hybridized carbons (Fsp3) is 0. The van der Waals surface area contributed by atoms with E-state index >= 15 is 0 Å². The highest BCUT2D eigenvalue weighted by Crippen LogP contribution is 2.50. The van der Waals surface area contributed by atoms with E-state index in [0.29, 0.717) is 5.56 Å². The van der Waals surface area contributed by atoms with Crippen molar-refractivity contribution in [1.29, 1.82) is 5.26 Å². The molecule has 20 aromatic rings. The highest BCUT2D eigenvalue weighted by atomic mass is 15.0. The van der Waals surface area contributed by atoms with Crippen molar-refractivity contribution in [2.24, 2.45) is 0 Å². The zero-order valence-electron chi connectivity index (χ0n) is 58.3. The number of nitrogens with zero attached hydrogens (tertiary/aromatic N) is 5. The van der Waals surface area contributed by atoms with Crippen LogP contribution in [-0.4, -0.2) is 18.7 Å². The summed E-state index contributed by atoms with van der Waals surface area (Å²) in [5.41, 5.74) is 31.9. The van der Waals surface area contributed by atoms with Gasteiger partial charge >= 0.3 is 0 Å². The Hall–Kier alpha value is -14.4. The van der Waals surface area contributed by atoms with Crippen molar-refractivity contribution < 1.29 is 0 Å². The van der Waals surface area contributed by atoms with Crippen LogP contribution in [0.4, 0.5) is 0 Å². The Labute approximate surface area is 619 Å². The van der Waals surface area contributed by atoms with Gasteiger partial charge < -0.3 is 13.7 Å². The predicted molar refractivity (Wildman–Crippen MR) is 446 cm³/mol. The van der Waals surface area contributed by atoms with Gasteiger partial charge in [-0.2, -0.15) is 5.26 Å². The normalized spacial score (nSPS) is 11.5. The van der Waals surface area contributed by atoms with E-state index in [2.05, 4.69) is 396 Å². The summed E-state index contributed by atoms with van der Waals surface area (Å²) < 4.78 is 7.29. The number of fused-ring (bicyclic) bond motifs is 9. The Morgan fingerprint density at radius 3 is 0.748 bits per heavy atom. The molecule has 0 saturated carbocycles. The lowest BCUT2D eigenvalue weighted by atomic mass is 9.85. The second kappa shape index (κ2) is 26.1. The third-order valence-electron chi connectivity index (χ3n) is 21.6. The van der Waals surface area contributed by atoms with Gasteiger partial charge in [-0.3, -0.25) is 4.98 Å². The van der Waals surface area contributed by atoms with Gasteiger partial charge in [-0.05, 0) is 168 Å². The lowest BCUT2D eigenvalue weighted by Crippen LogP contribution is -2.00. The van der Waals surface area contributed by atoms with Crippen molar-refractivity contribution in [3.63, 3.8) is 0 Å². The highest BCUT2D eigenvalue weighted by molar-refractivity contribution is 6.23. The summed E-state index contributed by atoms with van der Waals surface area (Å²) in [4.78, 5) is 5.69. The number of aromatic nitrogens is 4. The fourth-order valence-corrected chi connectivity index (χ4v) is 16.9. The molecule has 0 N–H and O–H groups in total. The van der Waals surface area contributed by atoms with Crippen LogP contribution in [0.3, 0.4) is 0 Å². The first-order valence-electron chi connectivity index (χ1n) is 36.5. The first-order chi connectivity index (χ1) is 53.1. The van der Waals surface area contributed by atoms with E-state index < -0.39 is 0 Å². The van der Waals surface area contributed by atoms with E-state index in [0.717, 1.165) is 106 Å². The molecule has 5 heteroatoms. The monoisotopic (exact) mass is 1360 g/mol. The minimum Gasteiger partial charge on any atom is -0.309 e. The molecule has 0 aliphatic carbocycles. The molecule has 498 valence electrons. The minimum absolute atomic E-state index is 0.567. The van der Waals surface area contributed by atoms with E-state index in [1.165, 1.54) is 88.0 Å².